The van der Waals surface area contributed by atoms with Crippen LogP contribution in [-0.4, -0.2) is 22.0 Å². The third kappa shape index (κ3) is 6.97. The zero-order valence-electron chi connectivity index (χ0n) is 29.5. The van der Waals surface area contributed by atoms with Gasteiger partial charge in [0.25, 0.3) is 5.91 Å². The first kappa shape index (κ1) is 34.8. The summed E-state index contributed by atoms with van der Waals surface area (Å²) in [4.78, 5) is 19.0. The molecule has 4 nitrogen and oxygen atoms in total. The van der Waals surface area contributed by atoms with Crippen LogP contribution in [0.25, 0.3) is 22.3 Å². The molecule has 0 fully saturated rings. The van der Waals surface area contributed by atoms with Gasteiger partial charge in [-0.3, -0.25) is 9.78 Å². The van der Waals surface area contributed by atoms with Gasteiger partial charge in [0.15, 0.2) is 0 Å². The van der Waals surface area contributed by atoms with E-state index in [-0.39, 0.29) is 17.8 Å². The van der Waals surface area contributed by atoms with Crippen molar-refractivity contribution in [3.8, 4) is 22.3 Å². The summed E-state index contributed by atoms with van der Waals surface area (Å²) in [6.07, 6.45) is 4.89. The molecule has 0 radical (unpaired) electrons. The fourth-order valence-corrected chi connectivity index (χ4v) is 11.6. The number of carbonyl (C=O) groups is 1. The van der Waals surface area contributed by atoms with Crippen molar-refractivity contribution < 1.29 is 9.18 Å². The van der Waals surface area contributed by atoms with Crippen LogP contribution in [-0.2, 0) is 12.6 Å². The fourth-order valence-electron chi connectivity index (χ4n) is 7.34. The molecule has 0 aliphatic heterocycles. The number of nitrogens with one attached hydrogen (secondary N) is 1. The molecule has 0 aliphatic rings. The highest BCUT2D eigenvalue weighted by Gasteiger charge is 2.48. The highest BCUT2D eigenvalue weighted by atomic mass is 31.2. The number of aromatic nitrogens is 2. The van der Waals surface area contributed by atoms with Crippen molar-refractivity contribution in [3.63, 3.8) is 0 Å². The minimum Gasteiger partial charge on any atom is -0.350 e. The van der Waals surface area contributed by atoms with Crippen LogP contribution in [0.1, 0.15) is 41.6 Å². The van der Waals surface area contributed by atoms with Crippen LogP contribution in [0.15, 0.2) is 170 Å². The Bertz CT molecular complexity index is 2130. The molecule has 7 rings (SSSR count). The van der Waals surface area contributed by atoms with Gasteiger partial charge in [-0.2, -0.15) is 0 Å². The minimum atomic E-state index is -2.42. The molecule has 0 aliphatic carbocycles. The van der Waals surface area contributed by atoms with Gasteiger partial charge in [0.1, 0.15) is 40.8 Å². The summed E-state index contributed by atoms with van der Waals surface area (Å²) in [5, 5.41) is 7.02. The SMILES string of the molecule is CC(C)n1c(C[P+](c2ccccc2)(c2ccccc2)c2ccccc2)c(-c2ccc(F)cc2)c(-c2ccccc2)c1C(=O)NCCc1cccnc1. The Morgan fingerprint density at radius 1 is 0.673 bits per heavy atom. The molecule has 6 heteroatoms. The molecule has 0 spiro atoms. The molecule has 52 heavy (non-hydrogen) atoms. The summed E-state index contributed by atoms with van der Waals surface area (Å²) in [6, 6.07) is 53.1. The second-order valence-corrected chi connectivity index (χ2v) is 16.7. The summed E-state index contributed by atoms with van der Waals surface area (Å²) < 4.78 is 16.9. The number of hydrogen-bond donors (Lipinski definition) is 1. The number of carbonyl (C=O) groups excluding carboxylic acids is 1. The predicted octanol–water partition coefficient (Wildman–Crippen LogP) is 9.40. The average molecular weight is 703 g/mol. The van der Waals surface area contributed by atoms with Gasteiger partial charge in [-0.05, 0) is 91.6 Å². The summed E-state index contributed by atoms with van der Waals surface area (Å²) in [5.41, 5.74) is 6.30. The first-order chi connectivity index (χ1) is 25.5. The smallest absolute Gasteiger partial charge is 0.268 e. The molecule has 0 atom stereocenters. The van der Waals surface area contributed by atoms with Gasteiger partial charge in [0.05, 0.1) is 5.69 Å². The minimum absolute atomic E-state index is 0.0741. The molecule has 2 heterocycles. The lowest BCUT2D eigenvalue weighted by Crippen LogP contribution is -2.34. The van der Waals surface area contributed by atoms with E-state index in [0.29, 0.717) is 24.8 Å². The van der Waals surface area contributed by atoms with Crippen molar-refractivity contribution in [1.29, 1.82) is 0 Å². The zero-order valence-corrected chi connectivity index (χ0v) is 30.4. The van der Waals surface area contributed by atoms with E-state index >= 15 is 0 Å². The standard InChI is InChI=1S/C46H41FN3OP/c1-34(2)50-42(33-52(39-19-9-4-10-20-39,40-21-11-5-12-22-40)41-23-13-6-14-24-41)43(37-25-27-38(47)28-26-37)44(36-17-7-3-8-18-36)45(50)46(51)49-31-29-35-16-15-30-48-32-35/h3-28,30,32,34H,29,31,33H2,1-2H3/p+1. The lowest BCUT2D eigenvalue weighted by Gasteiger charge is -2.29. The van der Waals surface area contributed by atoms with E-state index in [9.17, 15) is 9.18 Å². The molecule has 1 amide bonds. The third-order valence-corrected chi connectivity index (χ3v) is 13.9. The van der Waals surface area contributed by atoms with Crippen LogP contribution in [0.5, 0.6) is 0 Å². The van der Waals surface area contributed by atoms with E-state index in [1.807, 2.05) is 48.7 Å². The lowest BCUT2D eigenvalue weighted by molar-refractivity contribution is 0.0943. The van der Waals surface area contributed by atoms with Crippen molar-refractivity contribution >= 4 is 29.1 Å². The number of rotatable bonds is 12. The summed E-state index contributed by atoms with van der Waals surface area (Å²) in [5.74, 6) is -0.447. The van der Waals surface area contributed by atoms with E-state index < -0.39 is 7.26 Å². The number of amides is 1. The average Bonchev–Trinajstić information content (AvgIpc) is 3.54. The Hall–Kier alpha value is -5.64. The van der Waals surface area contributed by atoms with Gasteiger partial charge in [-0.15, -0.1) is 0 Å². The molecule has 0 saturated heterocycles. The molecular weight excluding hydrogens is 660 g/mol. The van der Waals surface area contributed by atoms with E-state index in [2.05, 4.69) is 132 Å². The Balaban J connectivity index is 1.54. The van der Waals surface area contributed by atoms with Crippen LogP contribution in [0, 0.1) is 5.82 Å². The lowest BCUT2D eigenvalue weighted by atomic mass is 9.94. The molecule has 5 aromatic carbocycles. The summed E-state index contributed by atoms with van der Waals surface area (Å²) in [7, 11) is -2.42. The largest absolute Gasteiger partial charge is 0.350 e. The maximum atomic E-state index is 14.8. The number of pyridine rings is 1. The highest BCUT2D eigenvalue weighted by Crippen LogP contribution is 2.60. The molecule has 0 bridgehead atoms. The second kappa shape index (κ2) is 15.7. The van der Waals surface area contributed by atoms with Gasteiger partial charge in [-0.25, -0.2) is 4.39 Å². The highest BCUT2D eigenvalue weighted by molar-refractivity contribution is 7.95. The maximum Gasteiger partial charge on any atom is 0.268 e. The predicted molar refractivity (Wildman–Crippen MR) is 215 cm³/mol. The Morgan fingerprint density at radius 3 is 1.69 bits per heavy atom. The van der Waals surface area contributed by atoms with E-state index in [1.54, 1.807) is 6.20 Å². The van der Waals surface area contributed by atoms with Crippen molar-refractivity contribution in [2.24, 2.45) is 0 Å². The first-order valence-corrected chi connectivity index (χ1v) is 19.7. The van der Waals surface area contributed by atoms with Crippen LogP contribution in [0.4, 0.5) is 4.39 Å². The quantitative estimate of drug-likeness (QED) is 0.129. The molecule has 7 aromatic rings. The monoisotopic (exact) mass is 702 g/mol. The summed E-state index contributed by atoms with van der Waals surface area (Å²) >= 11 is 0. The van der Waals surface area contributed by atoms with Crippen molar-refractivity contribution in [3.05, 3.63) is 193 Å². The van der Waals surface area contributed by atoms with Gasteiger partial charge in [0, 0.05) is 36.1 Å². The molecule has 0 unspecified atom stereocenters. The second-order valence-electron chi connectivity index (χ2n) is 13.2. The summed E-state index contributed by atoms with van der Waals surface area (Å²) in [6.45, 7) is 4.75. The molecule has 258 valence electrons. The normalized spacial score (nSPS) is 11.5. The zero-order chi connectivity index (χ0) is 35.9. The van der Waals surface area contributed by atoms with Gasteiger partial charge >= 0.3 is 0 Å². The van der Waals surface area contributed by atoms with E-state index in [0.717, 1.165) is 33.5 Å². The fraction of sp³-hybridized carbons (Fsp3) is 0.130. The van der Waals surface area contributed by atoms with Crippen LogP contribution < -0.4 is 21.2 Å². The number of hydrogen-bond acceptors (Lipinski definition) is 2. The molecule has 0 saturated carbocycles. The first-order valence-electron chi connectivity index (χ1n) is 17.8. The van der Waals surface area contributed by atoms with Crippen molar-refractivity contribution in [1.82, 2.24) is 14.9 Å². The van der Waals surface area contributed by atoms with Gasteiger partial charge in [-0.1, -0.05) is 103 Å². The molecule has 2 aromatic heterocycles. The third-order valence-electron chi connectivity index (χ3n) is 9.63. The topological polar surface area (TPSA) is 46.9 Å². The molecular formula is C46H42FN3OP+. The Labute approximate surface area is 306 Å². The Kier molecular flexibility index (Phi) is 10.5. The van der Waals surface area contributed by atoms with Gasteiger partial charge in [0.2, 0.25) is 0 Å². The van der Waals surface area contributed by atoms with Crippen LogP contribution >= 0.6 is 7.26 Å². The van der Waals surface area contributed by atoms with Crippen molar-refractivity contribution in [2.75, 3.05) is 6.54 Å². The van der Waals surface area contributed by atoms with Crippen LogP contribution in [0.3, 0.4) is 0 Å². The Morgan fingerprint density at radius 2 is 1.19 bits per heavy atom. The van der Waals surface area contributed by atoms with E-state index in [4.69, 9.17) is 0 Å². The van der Waals surface area contributed by atoms with Gasteiger partial charge < -0.3 is 9.88 Å². The molecule has 1 N–H and O–H groups in total. The van der Waals surface area contributed by atoms with Crippen LogP contribution in [0.2, 0.25) is 0 Å². The van der Waals surface area contributed by atoms with E-state index in [1.165, 1.54) is 28.0 Å². The number of halogens is 1. The maximum absolute atomic E-state index is 14.8. The van der Waals surface area contributed by atoms with Crippen molar-refractivity contribution in [2.45, 2.75) is 32.5 Å². The number of benzene rings is 5. The number of nitrogens with zero attached hydrogens (tertiary/aromatic N) is 2.